The van der Waals surface area contributed by atoms with Crippen molar-refractivity contribution in [2.45, 2.75) is 12.8 Å². The molecule has 0 radical (unpaired) electrons. The molecule has 0 aromatic heterocycles. The molecule has 110 valence electrons. The van der Waals surface area contributed by atoms with Crippen LogP contribution in [0.2, 0.25) is 5.02 Å². The maximum atomic E-state index is 13.0. The van der Waals surface area contributed by atoms with Crippen molar-refractivity contribution in [1.29, 1.82) is 0 Å². The summed E-state index contributed by atoms with van der Waals surface area (Å²) >= 11 is 5.68. The van der Waals surface area contributed by atoms with E-state index in [0.29, 0.717) is 12.2 Å². The zero-order chi connectivity index (χ0) is 15.0. The van der Waals surface area contributed by atoms with Gasteiger partial charge in [0, 0.05) is 18.3 Å². The summed E-state index contributed by atoms with van der Waals surface area (Å²) in [5, 5.41) is 3.03. The number of halogens is 4. The number of nitrogens with one attached hydrogen (secondary N) is 1. The monoisotopic (exact) mass is 315 g/mol. The SMILES string of the molecule is Fc1ccc(CNc2ccc3c(c2)OC(F)(F)O3)cc1Cl. The molecular weight excluding hydrogens is 307 g/mol. The average Bonchev–Trinajstić information content (AvgIpc) is 2.73. The molecule has 1 aliphatic heterocycles. The average molecular weight is 316 g/mol. The molecule has 0 amide bonds. The van der Waals surface area contributed by atoms with Gasteiger partial charge in [0.2, 0.25) is 0 Å². The number of ether oxygens (including phenoxy) is 2. The van der Waals surface area contributed by atoms with Crippen LogP contribution >= 0.6 is 11.6 Å². The van der Waals surface area contributed by atoms with Gasteiger partial charge in [-0.1, -0.05) is 17.7 Å². The fourth-order valence-electron chi connectivity index (χ4n) is 1.91. The summed E-state index contributed by atoms with van der Waals surface area (Å²) < 4.78 is 47.5. The van der Waals surface area contributed by atoms with Crippen LogP contribution in [0.5, 0.6) is 11.5 Å². The van der Waals surface area contributed by atoms with Crippen LogP contribution in [0.15, 0.2) is 36.4 Å². The Morgan fingerprint density at radius 1 is 1.05 bits per heavy atom. The summed E-state index contributed by atoms with van der Waals surface area (Å²) in [4.78, 5) is 0. The first-order valence-electron chi connectivity index (χ1n) is 6.01. The minimum Gasteiger partial charge on any atom is -0.395 e. The largest absolute Gasteiger partial charge is 0.586 e. The van der Waals surface area contributed by atoms with Crippen molar-refractivity contribution in [3.05, 3.63) is 52.8 Å². The van der Waals surface area contributed by atoms with E-state index in [1.807, 2.05) is 0 Å². The summed E-state index contributed by atoms with van der Waals surface area (Å²) in [5.74, 6) is -0.553. The lowest BCUT2D eigenvalue weighted by Gasteiger charge is -2.08. The van der Waals surface area contributed by atoms with Crippen molar-refractivity contribution in [1.82, 2.24) is 0 Å². The van der Waals surface area contributed by atoms with Crippen molar-refractivity contribution in [2.24, 2.45) is 0 Å². The maximum absolute atomic E-state index is 13.0. The van der Waals surface area contributed by atoms with Gasteiger partial charge in [0.25, 0.3) is 0 Å². The van der Waals surface area contributed by atoms with Crippen LogP contribution in [-0.4, -0.2) is 6.29 Å². The zero-order valence-electron chi connectivity index (χ0n) is 10.5. The standard InChI is InChI=1S/C14H9ClF3NO2/c15-10-5-8(1-3-11(10)16)7-19-9-2-4-12-13(6-9)21-14(17,18)20-12/h1-6,19H,7H2. The Balaban J connectivity index is 1.71. The fourth-order valence-corrected chi connectivity index (χ4v) is 2.12. The normalized spacial score (nSPS) is 15.0. The van der Waals surface area contributed by atoms with E-state index >= 15 is 0 Å². The first-order valence-corrected chi connectivity index (χ1v) is 6.38. The summed E-state index contributed by atoms with van der Waals surface area (Å²) in [7, 11) is 0. The van der Waals surface area contributed by atoms with Gasteiger partial charge in [0.05, 0.1) is 5.02 Å². The van der Waals surface area contributed by atoms with Gasteiger partial charge in [-0.2, -0.15) is 0 Å². The number of rotatable bonds is 3. The highest BCUT2D eigenvalue weighted by Crippen LogP contribution is 2.42. The first-order chi connectivity index (χ1) is 9.93. The van der Waals surface area contributed by atoms with E-state index < -0.39 is 12.1 Å². The molecule has 1 N–H and O–H groups in total. The van der Waals surface area contributed by atoms with Gasteiger partial charge in [-0.25, -0.2) is 4.39 Å². The van der Waals surface area contributed by atoms with Crippen LogP contribution in [-0.2, 0) is 6.54 Å². The lowest BCUT2D eigenvalue weighted by Crippen LogP contribution is -2.25. The molecule has 0 aliphatic carbocycles. The van der Waals surface area contributed by atoms with Gasteiger partial charge in [0.1, 0.15) is 5.82 Å². The summed E-state index contributed by atoms with van der Waals surface area (Å²) in [6.07, 6.45) is -3.63. The van der Waals surface area contributed by atoms with Crippen molar-refractivity contribution < 1.29 is 22.6 Å². The van der Waals surface area contributed by atoms with E-state index in [1.54, 1.807) is 12.1 Å². The van der Waals surface area contributed by atoms with Crippen LogP contribution in [0.25, 0.3) is 0 Å². The lowest BCUT2D eigenvalue weighted by molar-refractivity contribution is -0.286. The van der Waals surface area contributed by atoms with Gasteiger partial charge in [-0.3, -0.25) is 0 Å². The van der Waals surface area contributed by atoms with E-state index in [-0.39, 0.29) is 16.5 Å². The molecule has 0 spiro atoms. The van der Waals surface area contributed by atoms with E-state index in [2.05, 4.69) is 14.8 Å². The highest BCUT2D eigenvalue weighted by molar-refractivity contribution is 6.30. The predicted molar refractivity (Wildman–Crippen MR) is 71.4 cm³/mol. The smallest absolute Gasteiger partial charge is 0.395 e. The third-order valence-corrected chi connectivity index (χ3v) is 3.17. The molecule has 2 aromatic carbocycles. The second-order valence-corrected chi connectivity index (χ2v) is 4.84. The Kier molecular flexibility index (Phi) is 3.33. The van der Waals surface area contributed by atoms with Gasteiger partial charge in [0.15, 0.2) is 11.5 Å². The summed E-state index contributed by atoms with van der Waals surface area (Å²) in [6.45, 7) is 0.357. The number of hydrogen-bond acceptors (Lipinski definition) is 3. The van der Waals surface area contributed by atoms with E-state index in [1.165, 1.54) is 24.3 Å². The molecule has 3 rings (SSSR count). The molecule has 0 saturated carbocycles. The fraction of sp³-hybridized carbons (Fsp3) is 0.143. The molecule has 0 unspecified atom stereocenters. The van der Waals surface area contributed by atoms with E-state index in [9.17, 15) is 13.2 Å². The molecule has 21 heavy (non-hydrogen) atoms. The van der Waals surface area contributed by atoms with Crippen LogP contribution < -0.4 is 14.8 Å². The molecule has 1 aliphatic rings. The molecular formula is C14H9ClF3NO2. The quantitative estimate of drug-likeness (QED) is 0.910. The molecule has 2 aromatic rings. The molecule has 0 saturated heterocycles. The molecule has 0 bridgehead atoms. The van der Waals surface area contributed by atoms with Gasteiger partial charge in [-0.15, -0.1) is 8.78 Å². The van der Waals surface area contributed by atoms with Gasteiger partial charge >= 0.3 is 6.29 Å². The van der Waals surface area contributed by atoms with Crippen molar-refractivity contribution in [3.63, 3.8) is 0 Å². The van der Waals surface area contributed by atoms with Crippen LogP contribution in [0.1, 0.15) is 5.56 Å². The Morgan fingerprint density at radius 2 is 1.81 bits per heavy atom. The van der Waals surface area contributed by atoms with Gasteiger partial charge < -0.3 is 14.8 Å². The van der Waals surface area contributed by atoms with Crippen LogP contribution in [0.4, 0.5) is 18.9 Å². The second-order valence-electron chi connectivity index (χ2n) is 4.43. The number of hydrogen-bond donors (Lipinski definition) is 1. The third kappa shape index (κ3) is 3.00. The number of fused-ring (bicyclic) bond motifs is 1. The number of alkyl halides is 2. The molecule has 3 nitrogen and oxygen atoms in total. The predicted octanol–water partition coefficient (Wildman–Crippen LogP) is 4.41. The van der Waals surface area contributed by atoms with Crippen molar-refractivity contribution >= 4 is 17.3 Å². The Hall–Kier alpha value is -2.08. The highest BCUT2D eigenvalue weighted by Gasteiger charge is 2.43. The molecule has 0 fully saturated rings. The van der Waals surface area contributed by atoms with Crippen molar-refractivity contribution in [2.75, 3.05) is 5.32 Å². The Labute approximate surface area is 123 Å². The van der Waals surface area contributed by atoms with Crippen LogP contribution in [0.3, 0.4) is 0 Å². The van der Waals surface area contributed by atoms with E-state index in [4.69, 9.17) is 11.6 Å². The molecule has 0 atom stereocenters. The van der Waals surface area contributed by atoms with Crippen molar-refractivity contribution in [3.8, 4) is 11.5 Å². The minimum absolute atomic E-state index is 0.0182. The van der Waals surface area contributed by atoms with Crippen LogP contribution in [0, 0.1) is 5.82 Å². The topological polar surface area (TPSA) is 30.5 Å². The minimum atomic E-state index is -3.63. The third-order valence-electron chi connectivity index (χ3n) is 2.88. The highest BCUT2D eigenvalue weighted by atomic mass is 35.5. The Morgan fingerprint density at radius 3 is 2.57 bits per heavy atom. The maximum Gasteiger partial charge on any atom is 0.586 e. The Bertz CT molecular complexity index is 694. The lowest BCUT2D eigenvalue weighted by atomic mass is 10.2. The summed E-state index contributed by atoms with van der Waals surface area (Å²) in [5.41, 5.74) is 1.32. The van der Waals surface area contributed by atoms with E-state index in [0.717, 1.165) is 5.56 Å². The first kappa shape index (κ1) is 13.9. The molecule has 7 heteroatoms. The van der Waals surface area contributed by atoms with Gasteiger partial charge in [-0.05, 0) is 29.8 Å². The zero-order valence-corrected chi connectivity index (χ0v) is 11.3. The number of benzene rings is 2. The number of anilines is 1. The summed E-state index contributed by atoms with van der Waals surface area (Å²) in [6, 6.07) is 8.70. The molecule has 1 heterocycles. The second kappa shape index (κ2) is 5.04.